The van der Waals surface area contributed by atoms with E-state index in [1.165, 1.54) is 16.7 Å². The van der Waals surface area contributed by atoms with Gasteiger partial charge in [-0.3, -0.25) is 33.7 Å². The molecule has 3 aliphatic heterocycles. The predicted octanol–water partition coefficient (Wildman–Crippen LogP) is 5.85. The van der Waals surface area contributed by atoms with Crippen molar-refractivity contribution in [1.29, 1.82) is 0 Å². The molecule has 2 saturated carbocycles. The number of rotatable bonds is 17. The van der Waals surface area contributed by atoms with E-state index in [0.717, 1.165) is 74.3 Å². The molecular formula is C49H63N5O10P2S. The molecule has 2 aromatic heterocycles. The highest BCUT2D eigenvalue weighted by atomic mass is 32.2. The van der Waals surface area contributed by atoms with Crippen LogP contribution in [-0.4, -0.2) is 84.7 Å². The van der Waals surface area contributed by atoms with Crippen LogP contribution in [0.5, 0.6) is 5.75 Å². The topological polar surface area (TPSA) is 203 Å². The Labute approximate surface area is 399 Å². The molecule has 0 radical (unpaired) electrons. The fraction of sp³-hybridized carbons (Fsp3) is 0.592. The van der Waals surface area contributed by atoms with E-state index in [4.69, 9.17) is 14.5 Å². The highest BCUT2D eigenvalue weighted by Gasteiger charge is 2.46. The molecule has 15 nitrogen and oxygen atoms in total. The molecule has 4 atom stereocenters. The molecule has 18 heteroatoms. The number of unbranched alkanes of at least 4 members (excludes halogenated alkanes) is 2. The number of nitrogens with one attached hydrogen (secondary N) is 2. The molecule has 5 aliphatic rings. The van der Waals surface area contributed by atoms with Crippen LogP contribution in [0.25, 0.3) is 22.3 Å². The lowest BCUT2D eigenvalue weighted by Crippen LogP contribution is -2.44. The van der Waals surface area contributed by atoms with Crippen LogP contribution in [0.3, 0.4) is 0 Å². The fourth-order valence-electron chi connectivity index (χ4n) is 10.7. The van der Waals surface area contributed by atoms with E-state index in [0.29, 0.717) is 68.0 Å². The summed E-state index contributed by atoms with van der Waals surface area (Å²) in [6.45, 7) is 5.40. The Morgan fingerprint density at radius 2 is 1.67 bits per heavy atom. The number of fused-ring (bicyclic) bond motifs is 5. The van der Waals surface area contributed by atoms with Gasteiger partial charge in [-0.05, 0) is 119 Å². The maximum Gasteiger partial charge on any atom is 0.343 e. The minimum atomic E-state index is -1.90. The lowest BCUT2D eigenvalue weighted by Gasteiger charge is -2.31. The highest BCUT2D eigenvalue weighted by molar-refractivity contribution is 8.08. The van der Waals surface area contributed by atoms with E-state index in [1.54, 1.807) is 23.6 Å². The zero-order valence-corrected chi connectivity index (χ0v) is 41.6. The molecule has 8 rings (SSSR count). The van der Waals surface area contributed by atoms with Crippen molar-refractivity contribution in [3.63, 3.8) is 0 Å². The molecule has 3 fully saturated rings. The van der Waals surface area contributed by atoms with Crippen LogP contribution in [0.1, 0.15) is 126 Å². The largest absolute Gasteiger partial charge is 0.458 e. The van der Waals surface area contributed by atoms with E-state index in [1.807, 2.05) is 19.1 Å². The Morgan fingerprint density at radius 1 is 0.940 bits per heavy atom. The molecule has 1 aromatic carbocycles. The Kier molecular flexibility index (Phi) is 15.6. The van der Waals surface area contributed by atoms with Crippen LogP contribution in [0.15, 0.2) is 29.1 Å². The third kappa shape index (κ3) is 10.5. The standard InChI is InChI=1S/C49H63N5O10P2S/c1-3-32-33-20-31(17-18-37(33)52-42-34(32)25-53-38(42)21-36-35(44(53)58)26-63-47(61)49(36,62)4-2)64-46(60)30-15-9-27(10-16-30)23-51-40(55)8-6-5-7-19-50-43(57)29-13-11-28(12-14-29)24-54-41(56)22-39(45(54)59)67-48(65)66/h17-18,20-21,27-30,39,48,62H,3-16,19,22-26,65-66H2,1-2H3,(H,50,57)(H,51,55)/t27?,28?,29?,30?,39?,49-/m0/s1. The number of aliphatic hydroxyl groups is 1. The molecule has 3 N–H and O–H groups in total. The zero-order chi connectivity index (χ0) is 47.6. The van der Waals surface area contributed by atoms with Gasteiger partial charge in [0.1, 0.15) is 12.4 Å². The van der Waals surface area contributed by atoms with Gasteiger partial charge in [-0.2, -0.15) is 0 Å². The first kappa shape index (κ1) is 49.2. The van der Waals surface area contributed by atoms with Crippen LogP contribution in [0, 0.1) is 23.7 Å². The lowest BCUT2D eigenvalue weighted by atomic mass is 9.81. The number of hydrogen-bond acceptors (Lipinski definition) is 12. The molecule has 0 bridgehead atoms. The van der Waals surface area contributed by atoms with Crippen LogP contribution in [0.4, 0.5) is 0 Å². The summed E-state index contributed by atoms with van der Waals surface area (Å²) in [5.41, 5.74) is 2.06. The number of imide groups is 1. The average Bonchev–Trinajstić information content (AvgIpc) is 3.81. The van der Waals surface area contributed by atoms with Gasteiger partial charge >= 0.3 is 11.9 Å². The third-order valence-corrected chi connectivity index (χ3v) is 16.6. The zero-order valence-electron chi connectivity index (χ0n) is 38.4. The maximum absolute atomic E-state index is 13.7. The fourth-order valence-corrected chi connectivity index (χ4v) is 12.7. The maximum atomic E-state index is 13.7. The number of esters is 2. The molecule has 3 unspecified atom stereocenters. The van der Waals surface area contributed by atoms with E-state index >= 15 is 0 Å². The molecule has 3 aromatic rings. The number of aromatic nitrogens is 2. The summed E-state index contributed by atoms with van der Waals surface area (Å²) in [6.07, 6.45) is 9.87. The highest BCUT2D eigenvalue weighted by Crippen LogP contribution is 2.42. The second-order valence-corrected chi connectivity index (χ2v) is 23.5. The van der Waals surface area contributed by atoms with Crippen molar-refractivity contribution < 1.29 is 43.3 Å². The Hall–Kier alpha value is -4.23. The van der Waals surface area contributed by atoms with Crippen molar-refractivity contribution in [1.82, 2.24) is 25.1 Å². The van der Waals surface area contributed by atoms with E-state index in [9.17, 15) is 38.7 Å². The van der Waals surface area contributed by atoms with Crippen molar-refractivity contribution in [2.45, 2.75) is 139 Å². The molecule has 360 valence electrons. The van der Waals surface area contributed by atoms with Gasteiger partial charge in [0.05, 0.1) is 40.2 Å². The number of hydrogen-bond donors (Lipinski definition) is 3. The number of cyclic esters (lactones) is 1. The van der Waals surface area contributed by atoms with Crippen LogP contribution in [-0.2, 0) is 58.7 Å². The smallest absolute Gasteiger partial charge is 0.343 e. The molecule has 1 saturated heterocycles. The summed E-state index contributed by atoms with van der Waals surface area (Å²) in [5.74, 6) is -0.485. The summed E-state index contributed by atoms with van der Waals surface area (Å²) in [5, 5.41) is 17.9. The summed E-state index contributed by atoms with van der Waals surface area (Å²) >= 11 is 1.48. The minimum Gasteiger partial charge on any atom is -0.458 e. The Morgan fingerprint density at radius 3 is 2.39 bits per heavy atom. The summed E-state index contributed by atoms with van der Waals surface area (Å²) in [7, 11) is 5.26. The Balaban J connectivity index is 0.725. The monoisotopic (exact) mass is 975 g/mol. The average molecular weight is 976 g/mol. The number of thioether (sulfide) groups is 1. The first-order valence-electron chi connectivity index (χ1n) is 24.1. The minimum absolute atomic E-state index is 0.0135. The number of ether oxygens (including phenoxy) is 2. The summed E-state index contributed by atoms with van der Waals surface area (Å²) in [6, 6.07) is 7.10. The number of pyridine rings is 2. The van der Waals surface area contributed by atoms with Crippen molar-refractivity contribution >= 4 is 76.7 Å². The molecule has 5 heterocycles. The van der Waals surface area contributed by atoms with Gasteiger partial charge in [0.15, 0.2) is 5.60 Å². The quantitative estimate of drug-likeness (QED) is 0.0375. The van der Waals surface area contributed by atoms with Gasteiger partial charge in [0.2, 0.25) is 23.6 Å². The summed E-state index contributed by atoms with van der Waals surface area (Å²) < 4.78 is 12.9. The predicted molar refractivity (Wildman–Crippen MR) is 261 cm³/mol. The van der Waals surface area contributed by atoms with Gasteiger partial charge in [-0.25, -0.2) is 9.78 Å². The van der Waals surface area contributed by atoms with E-state index in [-0.39, 0.29) is 106 Å². The van der Waals surface area contributed by atoms with Gasteiger partial charge < -0.3 is 29.8 Å². The van der Waals surface area contributed by atoms with Crippen LogP contribution >= 0.6 is 30.2 Å². The molecule has 0 spiro atoms. The normalized spacial score (nSPS) is 24.6. The first-order chi connectivity index (χ1) is 32.2. The Bertz CT molecular complexity index is 2500. The summed E-state index contributed by atoms with van der Waals surface area (Å²) in [4.78, 5) is 96.9. The second-order valence-electron chi connectivity index (χ2n) is 19.0. The lowest BCUT2D eigenvalue weighted by molar-refractivity contribution is -0.172. The molecule has 4 amide bonds. The van der Waals surface area contributed by atoms with Crippen LogP contribution < -0.4 is 20.9 Å². The second kappa shape index (κ2) is 21.2. The van der Waals surface area contributed by atoms with Gasteiger partial charge in [0.25, 0.3) is 5.56 Å². The van der Waals surface area contributed by atoms with Crippen LogP contribution in [0.2, 0.25) is 0 Å². The number of nitrogens with zero attached hydrogens (tertiary/aromatic N) is 3. The number of carbonyl (C=O) groups is 6. The third-order valence-electron chi connectivity index (χ3n) is 14.7. The number of carbonyl (C=O) groups excluding carboxylic acids is 6. The number of aryl methyl sites for hydroxylation is 1. The molecular weight excluding hydrogens is 913 g/mol. The number of likely N-dealkylation sites (tertiary alicyclic amines) is 1. The van der Waals surface area contributed by atoms with Gasteiger partial charge in [0, 0.05) is 59.6 Å². The van der Waals surface area contributed by atoms with Crippen molar-refractivity contribution in [2.75, 3.05) is 19.6 Å². The van der Waals surface area contributed by atoms with Gasteiger partial charge in [-0.15, -0.1) is 30.2 Å². The van der Waals surface area contributed by atoms with Crippen molar-refractivity contribution in [3.8, 4) is 17.1 Å². The molecule has 2 aliphatic carbocycles. The SMILES string of the molecule is CCc1c2c(nc3ccc(OC(=O)C4CCC(CNC(=O)CCCCCNC(=O)C5CCC(CN6C(=O)CC(SC(P)P)C6=O)CC5)CC4)cc13)-c1cc3c(c(=O)n1C2)COC(=O)[C@]3(O)CC. The van der Waals surface area contributed by atoms with Crippen molar-refractivity contribution in [3.05, 3.63) is 56.9 Å². The van der Waals surface area contributed by atoms with Gasteiger partial charge in [-0.1, -0.05) is 20.3 Å². The van der Waals surface area contributed by atoms with E-state index < -0.39 is 11.6 Å². The van der Waals surface area contributed by atoms with E-state index in [2.05, 4.69) is 29.1 Å². The van der Waals surface area contributed by atoms with Crippen molar-refractivity contribution in [2.24, 2.45) is 23.7 Å². The number of benzene rings is 1. The molecule has 67 heavy (non-hydrogen) atoms. The first-order valence-corrected chi connectivity index (χ1v) is 26.4. The number of amides is 4.